The number of fused-ring (bicyclic) bond motifs is 1. The highest BCUT2D eigenvalue weighted by Gasteiger charge is 2.15. The minimum Gasteiger partial charge on any atom is -0.490 e. The largest absolute Gasteiger partial charge is 0.490 e. The van der Waals surface area contributed by atoms with E-state index < -0.39 is 0 Å². The second kappa shape index (κ2) is 9.81. The number of hydrogen-bond acceptors (Lipinski definition) is 5. The highest BCUT2D eigenvalue weighted by atomic mass is 35.5. The molecule has 0 unspecified atom stereocenters. The van der Waals surface area contributed by atoms with Crippen LogP contribution < -0.4 is 21.1 Å². The number of nitrogen functional groups attached to an aromatic ring is 1. The van der Waals surface area contributed by atoms with Gasteiger partial charge in [-0.1, -0.05) is 29.8 Å². The Hall–Kier alpha value is -3.75. The number of H-pyrrole nitrogens is 1. The van der Waals surface area contributed by atoms with Gasteiger partial charge in [-0.2, -0.15) is 5.10 Å². The molecule has 170 valence electrons. The number of nitrogens with one attached hydrogen (secondary N) is 3. The molecular weight excluding hydrogens is 440 g/mol. The smallest absolute Gasteiger partial charge is 0.323 e. The molecule has 0 radical (unpaired) electrons. The van der Waals surface area contributed by atoms with Gasteiger partial charge in [0.25, 0.3) is 0 Å². The Morgan fingerprint density at radius 2 is 1.85 bits per heavy atom. The summed E-state index contributed by atoms with van der Waals surface area (Å²) in [5, 5.41) is 14.1. The number of amides is 2. The minimum absolute atomic E-state index is 0.356. The van der Waals surface area contributed by atoms with Crippen LogP contribution in [0.25, 0.3) is 22.0 Å². The second-order valence-electron chi connectivity index (χ2n) is 7.79. The molecule has 4 rings (SSSR count). The van der Waals surface area contributed by atoms with Crippen molar-refractivity contribution >= 4 is 45.7 Å². The number of carbonyl (C=O) groups excluding carboxylic acids is 1. The van der Waals surface area contributed by atoms with E-state index in [4.69, 9.17) is 22.1 Å². The van der Waals surface area contributed by atoms with Crippen LogP contribution >= 0.6 is 11.6 Å². The van der Waals surface area contributed by atoms with Crippen molar-refractivity contribution in [1.82, 2.24) is 15.1 Å². The number of urea groups is 1. The Labute approximate surface area is 196 Å². The number of nitrogens with two attached hydrogens (primary N) is 1. The van der Waals surface area contributed by atoms with Gasteiger partial charge >= 0.3 is 6.03 Å². The Bertz CT molecular complexity index is 1270. The van der Waals surface area contributed by atoms with E-state index in [0.29, 0.717) is 34.6 Å². The average Bonchev–Trinajstić information content (AvgIpc) is 3.16. The molecule has 0 spiro atoms. The third-order valence-electron chi connectivity index (χ3n) is 5.04. The number of carbonyl (C=O) groups is 1. The van der Waals surface area contributed by atoms with Gasteiger partial charge in [0.1, 0.15) is 17.9 Å². The van der Waals surface area contributed by atoms with Crippen LogP contribution in [0.3, 0.4) is 0 Å². The first-order chi connectivity index (χ1) is 15.9. The van der Waals surface area contributed by atoms with E-state index in [2.05, 4.69) is 25.7 Å². The molecule has 0 aliphatic rings. The van der Waals surface area contributed by atoms with E-state index in [1.165, 1.54) is 0 Å². The third-order valence-corrected chi connectivity index (χ3v) is 5.28. The molecule has 8 nitrogen and oxygen atoms in total. The Morgan fingerprint density at radius 1 is 1.09 bits per heavy atom. The SMILES string of the molecule is CN(C)CCOc1ccc(-c2ccc(NC(=O)Nc3cccc(Cl)c3)cc2)c2c(N)n[nH]c12. The number of aromatic nitrogens is 2. The van der Waals surface area contributed by atoms with E-state index >= 15 is 0 Å². The van der Waals surface area contributed by atoms with Crippen LogP contribution in [-0.4, -0.2) is 48.4 Å². The minimum atomic E-state index is -0.356. The van der Waals surface area contributed by atoms with Crippen LogP contribution in [0.2, 0.25) is 5.02 Å². The molecule has 0 saturated heterocycles. The molecule has 33 heavy (non-hydrogen) atoms. The summed E-state index contributed by atoms with van der Waals surface area (Å²) < 4.78 is 5.92. The molecule has 5 N–H and O–H groups in total. The molecular formula is C24H25ClN6O2. The van der Waals surface area contributed by atoms with Crippen molar-refractivity contribution in [2.24, 2.45) is 0 Å². The molecule has 1 aromatic heterocycles. The van der Waals surface area contributed by atoms with E-state index in [1.54, 1.807) is 24.3 Å². The summed E-state index contributed by atoms with van der Waals surface area (Å²) in [6.45, 7) is 1.35. The summed E-state index contributed by atoms with van der Waals surface area (Å²) in [6, 6.07) is 18.0. The molecule has 0 aliphatic heterocycles. The summed E-state index contributed by atoms with van der Waals surface area (Å²) in [4.78, 5) is 14.3. The van der Waals surface area contributed by atoms with Crippen LogP contribution in [0.1, 0.15) is 0 Å². The molecule has 2 amide bonds. The van der Waals surface area contributed by atoms with E-state index in [9.17, 15) is 4.79 Å². The number of halogens is 1. The van der Waals surface area contributed by atoms with E-state index in [-0.39, 0.29) is 6.03 Å². The molecule has 3 aromatic carbocycles. The number of ether oxygens (including phenoxy) is 1. The molecule has 9 heteroatoms. The summed E-state index contributed by atoms with van der Waals surface area (Å²) >= 11 is 5.96. The van der Waals surface area contributed by atoms with Gasteiger partial charge in [-0.3, -0.25) is 5.10 Å². The summed E-state index contributed by atoms with van der Waals surface area (Å²) in [7, 11) is 3.99. The zero-order valence-electron chi connectivity index (χ0n) is 18.4. The number of nitrogens with zero attached hydrogens (tertiary/aromatic N) is 2. The lowest BCUT2D eigenvalue weighted by Gasteiger charge is -2.13. The van der Waals surface area contributed by atoms with Gasteiger partial charge in [0.15, 0.2) is 5.82 Å². The molecule has 0 fully saturated rings. The lowest BCUT2D eigenvalue weighted by atomic mass is 10.0. The van der Waals surface area contributed by atoms with Crippen LogP contribution in [0.4, 0.5) is 22.0 Å². The van der Waals surface area contributed by atoms with Crippen molar-refractivity contribution in [2.75, 3.05) is 43.6 Å². The monoisotopic (exact) mass is 464 g/mol. The fraction of sp³-hybridized carbons (Fsp3) is 0.167. The Morgan fingerprint density at radius 3 is 2.58 bits per heavy atom. The fourth-order valence-electron chi connectivity index (χ4n) is 3.42. The fourth-order valence-corrected chi connectivity index (χ4v) is 3.61. The van der Waals surface area contributed by atoms with Crippen molar-refractivity contribution in [1.29, 1.82) is 0 Å². The summed E-state index contributed by atoms with van der Waals surface area (Å²) in [6.07, 6.45) is 0. The maximum absolute atomic E-state index is 12.3. The van der Waals surface area contributed by atoms with Crippen molar-refractivity contribution in [3.05, 3.63) is 65.7 Å². The van der Waals surface area contributed by atoms with Crippen LogP contribution in [-0.2, 0) is 0 Å². The predicted molar refractivity (Wildman–Crippen MR) is 134 cm³/mol. The number of rotatable bonds is 7. The molecule has 0 atom stereocenters. The third kappa shape index (κ3) is 5.36. The quantitative estimate of drug-likeness (QED) is 0.306. The van der Waals surface area contributed by atoms with Crippen LogP contribution in [0.5, 0.6) is 5.75 Å². The van der Waals surface area contributed by atoms with Crippen LogP contribution in [0.15, 0.2) is 60.7 Å². The van der Waals surface area contributed by atoms with Gasteiger partial charge in [0, 0.05) is 22.9 Å². The molecule has 1 heterocycles. The first-order valence-electron chi connectivity index (χ1n) is 10.4. The molecule has 0 bridgehead atoms. The lowest BCUT2D eigenvalue weighted by Crippen LogP contribution is -2.19. The Balaban J connectivity index is 1.51. The maximum atomic E-state index is 12.3. The second-order valence-corrected chi connectivity index (χ2v) is 8.23. The first-order valence-corrected chi connectivity index (χ1v) is 10.8. The lowest BCUT2D eigenvalue weighted by molar-refractivity contribution is 0.262. The van der Waals surface area contributed by atoms with Gasteiger partial charge in [-0.25, -0.2) is 4.79 Å². The van der Waals surface area contributed by atoms with E-state index in [1.807, 2.05) is 50.5 Å². The highest BCUT2D eigenvalue weighted by molar-refractivity contribution is 6.30. The van der Waals surface area contributed by atoms with Gasteiger partial charge in [-0.05, 0) is 67.7 Å². The van der Waals surface area contributed by atoms with E-state index in [0.717, 1.165) is 28.6 Å². The van der Waals surface area contributed by atoms with Crippen LogP contribution in [0, 0.1) is 0 Å². The number of aromatic amines is 1. The predicted octanol–water partition coefficient (Wildman–Crippen LogP) is 5.05. The maximum Gasteiger partial charge on any atom is 0.323 e. The average molecular weight is 465 g/mol. The number of benzene rings is 3. The Kier molecular flexibility index (Phi) is 6.67. The number of hydrogen-bond donors (Lipinski definition) is 4. The standard InChI is InChI=1S/C24H25ClN6O2/c1-31(2)12-13-33-20-11-10-19(21-22(20)29-30-23(21)26)15-6-8-17(9-7-15)27-24(32)28-18-5-3-4-16(25)14-18/h3-11,14H,12-13H2,1-2H3,(H3,26,29,30)(H2,27,28,32). The van der Waals surface area contributed by atoms with Crippen molar-refractivity contribution in [2.45, 2.75) is 0 Å². The molecule has 0 aliphatic carbocycles. The normalized spacial score (nSPS) is 11.0. The number of likely N-dealkylation sites (N-methyl/N-ethyl adjacent to an activating group) is 1. The van der Waals surface area contributed by atoms with Gasteiger partial charge in [0.05, 0.1) is 5.39 Å². The zero-order chi connectivity index (χ0) is 23.4. The van der Waals surface area contributed by atoms with Gasteiger partial charge in [0.2, 0.25) is 0 Å². The number of anilines is 3. The highest BCUT2D eigenvalue weighted by Crippen LogP contribution is 2.36. The first kappa shape index (κ1) is 22.4. The molecule has 0 saturated carbocycles. The van der Waals surface area contributed by atoms with Crippen molar-refractivity contribution in [3.63, 3.8) is 0 Å². The summed E-state index contributed by atoms with van der Waals surface area (Å²) in [5.74, 6) is 1.11. The zero-order valence-corrected chi connectivity index (χ0v) is 19.1. The van der Waals surface area contributed by atoms with Gasteiger partial charge in [-0.15, -0.1) is 0 Å². The van der Waals surface area contributed by atoms with Crippen molar-refractivity contribution < 1.29 is 9.53 Å². The van der Waals surface area contributed by atoms with Gasteiger partial charge < -0.3 is 26.0 Å². The molecule has 4 aromatic rings. The van der Waals surface area contributed by atoms with Crippen molar-refractivity contribution in [3.8, 4) is 16.9 Å². The topological polar surface area (TPSA) is 108 Å². The summed E-state index contributed by atoms with van der Waals surface area (Å²) in [5.41, 5.74) is 10.0.